The Morgan fingerprint density at radius 3 is 1.10 bits per heavy atom. The second kappa shape index (κ2) is 54.3. The largest absolute Gasteiger partial charge is 0.472 e. The lowest BCUT2D eigenvalue weighted by molar-refractivity contribution is -0.870. The molecular weight excluding hydrogens is 928 g/mol. The number of amides is 1. The van der Waals surface area contributed by atoms with E-state index in [9.17, 15) is 24.5 Å². The van der Waals surface area contributed by atoms with Crippen LogP contribution >= 0.6 is 7.82 Å². The van der Waals surface area contributed by atoms with Crippen LogP contribution in [-0.4, -0.2) is 84.6 Å². The summed E-state index contributed by atoms with van der Waals surface area (Å²) in [6, 6.07) is -1.05. The number of aliphatic hydroxyl groups is 2. The molecule has 73 heavy (non-hydrogen) atoms. The van der Waals surface area contributed by atoms with Crippen LogP contribution < -0.4 is 5.32 Å². The average molecular weight is 1050 g/mol. The molecule has 0 radical (unpaired) electrons. The standard InChI is InChI=1S/C63H125N2O7P/c1-6-8-10-12-14-16-18-20-21-22-23-24-25-26-27-28-29-30-31-32-33-34-35-36-37-38-39-40-41-42-43-44-46-48-50-52-54-56-62(67)64-60(59-72-73(69,70)71-58-57-65(3,4)5)63(68)61(66)55-53-51-49-47-45-19-17-15-13-11-9-7-2/h22-23,47,49,60-61,63,66,68H,6-21,24-46,48,50-59H2,1-5H3,(H-,64,67,69,70)/p+1/b23-22-,49-47+. The van der Waals surface area contributed by atoms with E-state index in [-0.39, 0.29) is 18.9 Å². The second-order valence-corrected chi connectivity index (χ2v) is 24.7. The Balaban J connectivity index is 3.94. The predicted molar refractivity (Wildman–Crippen MR) is 315 cm³/mol. The quantitative estimate of drug-likeness (QED) is 0.0207. The lowest BCUT2D eigenvalue weighted by Crippen LogP contribution is -2.51. The summed E-state index contributed by atoms with van der Waals surface area (Å²) in [6.45, 7) is 4.61. The van der Waals surface area contributed by atoms with E-state index in [1.54, 1.807) is 0 Å². The van der Waals surface area contributed by atoms with Gasteiger partial charge in [0.1, 0.15) is 19.3 Å². The average Bonchev–Trinajstić information content (AvgIpc) is 3.35. The van der Waals surface area contributed by atoms with Crippen molar-refractivity contribution in [2.24, 2.45) is 0 Å². The van der Waals surface area contributed by atoms with Crippen molar-refractivity contribution in [3.8, 4) is 0 Å². The first-order valence-corrected chi connectivity index (χ1v) is 33.3. The summed E-state index contributed by atoms with van der Waals surface area (Å²) in [7, 11) is 1.43. The number of carbonyl (C=O) groups excluding carboxylic acids is 1. The number of carbonyl (C=O) groups is 1. The molecule has 4 atom stereocenters. The lowest BCUT2D eigenvalue weighted by atomic mass is 10.0. The minimum Gasteiger partial charge on any atom is -0.390 e. The Bertz CT molecular complexity index is 1260. The highest BCUT2D eigenvalue weighted by molar-refractivity contribution is 7.47. The lowest BCUT2D eigenvalue weighted by Gasteiger charge is -2.28. The Morgan fingerprint density at radius 1 is 0.466 bits per heavy atom. The molecule has 9 nitrogen and oxygen atoms in total. The van der Waals surface area contributed by atoms with Crippen molar-refractivity contribution in [1.29, 1.82) is 0 Å². The van der Waals surface area contributed by atoms with E-state index in [1.807, 2.05) is 21.1 Å². The molecule has 0 bridgehead atoms. The molecule has 0 rings (SSSR count). The highest BCUT2D eigenvalue weighted by atomic mass is 31.2. The number of aliphatic hydroxyl groups excluding tert-OH is 2. The molecule has 1 amide bonds. The van der Waals surface area contributed by atoms with Gasteiger partial charge in [-0.05, 0) is 64.2 Å². The van der Waals surface area contributed by atoms with Gasteiger partial charge >= 0.3 is 7.82 Å². The maximum atomic E-state index is 13.0. The monoisotopic (exact) mass is 1050 g/mol. The smallest absolute Gasteiger partial charge is 0.390 e. The Hall–Kier alpha value is -1.06. The molecule has 0 fully saturated rings. The van der Waals surface area contributed by atoms with Gasteiger partial charge in [0.15, 0.2) is 0 Å². The molecule has 4 unspecified atom stereocenters. The van der Waals surface area contributed by atoms with Gasteiger partial charge < -0.3 is 24.9 Å². The number of likely N-dealkylation sites (N-methyl/N-ethyl adjacent to an activating group) is 1. The molecule has 10 heteroatoms. The van der Waals surface area contributed by atoms with Crippen LogP contribution in [0.2, 0.25) is 0 Å². The molecule has 4 N–H and O–H groups in total. The summed E-state index contributed by atoms with van der Waals surface area (Å²) >= 11 is 0. The molecule has 0 aliphatic rings. The van der Waals surface area contributed by atoms with Gasteiger partial charge in [-0.15, -0.1) is 0 Å². The Labute approximate surface area is 454 Å². The molecule has 0 aliphatic heterocycles. The van der Waals surface area contributed by atoms with Gasteiger partial charge in [0.05, 0.1) is 39.9 Å². The summed E-state index contributed by atoms with van der Waals surface area (Å²) in [6.07, 6.45) is 66.0. The fraction of sp³-hybridized carbons (Fsp3) is 0.921. The van der Waals surface area contributed by atoms with Crippen LogP contribution in [0.15, 0.2) is 24.3 Å². The van der Waals surface area contributed by atoms with Crippen LogP contribution in [0.5, 0.6) is 0 Å². The zero-order valence-electron chi connectivity index (χ0n) is 49.3. The third kappa shape index (κ3) is 55.5. The van der Waals surface area contributed by atoms with E-state index >= 15 is 0 Å². The third-order valence-corrected chi connectivity index (χ3v) is 15.7. The number of unbranched alkanes of at least 4 members (excludes halogenated alkanes) is 41. The van der Waals surface area contributed by atoms with Crippen molar-refractivity contribution in [2.75, 3.05) is 40.9 Å². The maximum absolute atomic E-state index is 13.0. The summed E-state index contributed by atoms with van der Waals surface area (Å²) in [5, 5.41) is 24.8. The number of hydrogen-bond acceptors (Lipinski definition) is 6. The van der Waals surface area contributed by atoms with E-state index in [0.29, 0.717) is 23.9 Å². The molecule has 0 aromatic rings. The topological polar surface area (TPSA) is 125 Å². The van der Waals surface area contributed by atoms with Crippen LogP contribution in [0.4, 0.5) is 0 Å². The first-order valence-electron chi connectivity index (χ1n) is 31.8. The van der Waals surface area contributed by atoms with Gasteiger partial charge in [0, 0.05) is 6.42 Å². The summed E-state index contributed by atoms with van der Waals surface area (Å²) < 4.78 is 23.6. The van der Waals surface area contributed by atoms with Crippen molar-refractivity contribution in [3.63, 3.8) is 0 Å². The molecular formula is C63H126N2O7P+. The number of hydrogen-bond donors (Lipinski definition) is 4. The number of nitrogens with zero attached hydrogens (tertiary/aromatic N) is 1. The van der Waals surface area contributed by atoms with Crippen molar-refractivity contribution in [1.82, 2.24) is 5.32 Å². The number of nitrogens with one attached hydrogen (secondary N) is 1. The molecule has 0 aromatic heterocycles. The first-order chi connectivity index (χ1) is 35.4. The van der Waals surface area contributed by atoms with E-state index in [4.69, 9.17) is 9.05 Å². The number of phosphoric acid groups is 1. The summed E-state index contributed by atoms with van der Waals surface area (Å²) in [5.74, 6) is -0.262. The van der Waals surface area contributed by atoms with E-state index in [0.717, 1.165) is 32.1 Å². The second-order valence-electron chi connectivity index (χ2n) is 23.3. The minimum atomic E-state index is -4.43. The van der Waals surface area contributed by atoms with Crippen LogP contribution in [0.25, 0.3) is 0 Å². The SMILES string of the molecule is CCCCCCCCC/C=C/CCCC(O)C(O)C(COP(=O)(O)OCC[N+](C)(C)C)NC(=O)CCCCCCCCCCCCCCCCCCCCCCCCCCC/C=C\CCCCCCCCCC. The van der Waals surface area contributed by atoms with Crippen molar-refractivity contribution in [2.45, 2.75) is 334 Å². The van der Waals surface area contributed by atoms with Crippen molar-refractivity contribution >= 4 is 13.7 Å². The van der Waals surface area contributed by atoms with Gasteiger partial charge in [-0.3, -0.25) is 13.8 Å². The van der Waals surface area contributed by atoms with Crippen LogP contribution in [0.1, 0.15) is 316 Å². The third-order valence-electron chi connectivity index (χ3n) is 14.8. The zero-order chi connectivity index (χ0) is 53.6. The van der Waals surface area contributed by atoms with Gasteiger partial charge in [0.2, 0.25) is 5.91 Å². The van der Waals surface area contributed by atoms with E-state index in [2.05, 4.69) is 43.5 Å². The zero-order valence-corrected chi connectivity index (χ0v) is 50.2. The van der Waals surface area contributed by atoms with Gasteiger partial charge in [0.25, 0.3) is 0 Å². The Morgan fingerprint density at radius 2 is 0.767 bits per heavy atom. The highest BCUT2D eigenvalue weighted by Crippen LogP contribution is 2.43. The predicted octanol–water partition coefficient (Wildman–Crippen LogP) is 18.5. The van der Waals surface area contributed by atoms with Crippen LogP contribution in [0, 0.1) is 0 Å². The van der Waals surface area contributed by atoms with Gasteiger partial charge in [-0.25, -0.2) is 4.57 Å². The molecule has 434 valence electrons. The number of phosphoric ester groups is 1. The van der Waals surface area contributed by atoms with Crippen molar-refractivity contribution < 1.29 is 38.0 Å². The van der Waals surface area contributed by atoms with Gasteiger partial charge in [-0.1, -0.05) is 269 Å². The molecule has 0 saturated carbocycles. The van der Waals surface area contributed by atoms with Gasteiger partial charge in [-0.2, -0.15) is 0 Å². The number of quaternary nitrogens is 1. The summed E-state index contributed by atoms with van der Waals surface area (Å²) in [5.41, 5.74) is 0. The highest BCUT2D eigenvalue weighted by Gasteiger charge is 2.32. The molecule has 0 heterocycles. The fourth-order valence-corrected chi connectivity index (χ4v) is 10.5. The number of allylic oxidation sites excluding steroid dienone is 4. The molecule has 0 spiro atoms. The molecule has 0 aromatic carbocycles. The maximum Gasteiger partial charge on any atom is 0.472 e. The fourth-order valence-electron chi connectivity index (χ4n) is 9.73. The minimum absolute atomic E-state index is 0.0188. The van der Waals surface area contributed by atoms with Crippen LogP contribution in [0.3, 0.4) is 0 Å². The molecule has 0 aliphatic carbocycles. The summed E-state index contributed by atoms with van der Waals surface area (Å²) in [4.78, 5) is 23.3. The van der Waals surface area contributed by atoms with E-state index in [1.165, 1.54) is 250 Å². The van der Waals surface area contributed by atoms with Crippen LogP contribution in [-0.2, 0) is 18.4 Å². The normalized spacial score (nSPS) is 14.4. The van der Waals surface area contributed by atoms with E-state index < -0.39 is 32.7 Å². The Kier molecular flexibility index (Phi) is 53.5. The molecule has 0 saturated heterocycles. The first kappa shape index (κ1) is 71.9. The number of rotatable bonds is 59. The van der Waals surface area contributed by atoms with Crippen molar-refractivity contribution in [3.05, 3.63) is 24.3 Å².